The van der Waals surface area contributed by atoms with E-state index in [1.165, 1.54) is 12.1 Å². The molecule has 13 heteroatoms. The van der Waals surface area contributed by atoms with Crippen molar-refractivity contribution < 1.29 is 52.7 Å². The highest BCUT2D eigenvalue weighted by Gasteiger charge is 2.72. The molecule has 4 N–H and O–H groups in total. The zero-order valence-corrected chi connectivity index (χ0v) is 36.4. The number of ketones is 1. The van der Waals surface area contributed by atoms with E-state index in [9.17, 15) is 38.4 Å². The number of carbonyl (C=O) groups excluding carboxylic acids is 2. The number of allylic oxidation sites excluding steroid dienone is 2. The third-order valence-electron chi connectivity index (χ3n) is 18.2. The zero-order chi connectivity index (χ0) is 43.6. The number of aliphatic hydroxyl groups excluding tert-OH is 4. The Hall–Kier alpha value is -2.55. The first-order valence-electron chi connectivity index (χ1n) is 22.4. The van der Waals surface area contributed by atoms with E-state index < -0.39 is 77.3 Å². The lowest BCUT2D eigenvalue weighted by molar-refractivity contribution is -0.335. The average molecular weight is 845 g/mol. The fourth-order valence-electron chi connectivity index (χ4n) is 14.4. The summed E-state index contributed by atoms with van der Waals surface area (Å²) in [5.41, 5.74) is -1.79. The molecule has 334 valence electrons. The number of halogens is 3. The molecular weight excluding hydrogens is 778 g/mol. The molecule has 14 atom stereocenters. The lowest BCUT2D eigenvalue weighted by Crippen LogP contribution is -2.69. The van der Waals surface area contributed by atoms with Crippen LogP contribution in [0.4, 0.5) is 18.9 Å². The summed E-state index contributed by atoms with van der Waals surface area (Å²) in [5, 5.41) is 42.2. The van der Waals surface area contributed by atoms with Crippen LogP contribution in [0.3, 0.4) is 0 Å². The van der Waals surface area contributed by atoms with Crippen molar-refractivity contribution in [3.8, 4) is 0 Å². The topological polar surface area (TPSA) is 140 Å². The number of para-hydroxylation sites is 1. The Balaban J connectivity index is 1.08. The fraction of sp³-hybridized carbons (Fsp3) is 0.787. The highest BCUT2D eigenvalue weighted by atomic mass is 19.4. The van der Waals surface area contributed by atoms with E-state index in [4.69, 9.17) is 9.47 Å². The van der Waals surface area contributed by atoms with Gasteiger partial charge in [0.1, 0.15) is 24.4 Å². The van der Waals surface area contributed by atoms with Gasteiger partial charge in [-0.05, 0) is 109 Å². The van der Waals surface area contributed by atoms with Crippen LogP contribution < -0.4 is 4.90 Å². The van der Waals surface area contributed by atoms with Crippen molar-refractivity contribution in [2.45, 2.75) is 149 Å². The first kappa shape index (κ1) is 44.1. The van der Waals surface area contributed by atoms with Gasteiger partial charge in [0.25, 0.3) is 0 Å². The second-order valence-electron chi connectivity index (χ2n) is 21.8. The smallest absolute Gasteiger partial charge is 0.394 e. The molecule has 0 radical (unpaired) electrons. The Kier molecular flexibility index (Phi) is 10.8. The molecule has 2 saturated heterocycles. The Morgan fingerprint density at radius 2 is 1.53 bits per heavy atom. The molecule has 8 rings (SSSR count). The molecule has 0 aromatic heterocycles. The van der Waals surface area contributed by atoms with Gasteiger partial charge in [0.15, 0.2) is 12.1 Å². The van der Waals surface area contributed by atoms with Gasteiger partial charge in [-0.25, -0.2) is 0 Å². The van der Waals surface area contributed by atoms with Crippen molar-refractivity contribution in [1.82, 2.24) is 4.90 Å². The van der Waals surface area contributed by atoms with Crippen LogP contribution in [0.2, 0.25) is 0 Å². The van der Waals surface area contributed by atoms with E-state index in [0.29, 0.717) is 45.4 Å². The van der Waals surface area contributed by atoms with E-state index in [0.717, 1.165) is 50.2 Å². The van der Waals surface area contributed by atoms with Crippen molar-refractivity contribution in [3.05, 3.63) is 41.5 Å². The standard InChI is InChI=1S/C47H67F3N2O8/c1-41(2)14-13-34(60-39-37(57)36(56)35(55)32(26-53)59-39)46(7)33(41)12-15-45(6)38(46)31(54)24-28-29-25-43(4,17-16-42(29,3)18-19-44(28,45)5)40(58)52-22-20-51(21-23-52)30-11-9-8-10-27(30)47(48,49)50/h8-11,24,29,32-39,53,55-57H,12-23,25-26H2,1-7H3/t29-,32+,33?,34?,35+,36+,37+,38?,39-,42+,43?,44+,45+,46+/m0/s1. The van der Waals surface area contributed by atoms with Gasteiger partial charge >= 0.3 is 6.18 Å². The molecule has 1 aromatic rings. The maximum absolute atomic E-state index is 15.3. The molecule has 0 bridgehead atoms. The van der Waals surface area contributed by atoms with E-state index in [2.05, 4.69) is 48.5 Å². The monoisotopic (exact) mass is 844 g/mol. The second kappa shape index (κ2) is 14.8. The van der Waals surface area contributed by atoms with Crippen LogP contribution in [0.15, 0.2) is 35.9 Å². The number of hydrogen-bond donors (Lipinski definition) is 4. The summed E-state index contributed by atoms with van der Waals surface area (Å²) in [6.07, 6.45) is -2.92. The summed E-state index contributed by atoms with van der Waals surface area (Å²) >= 11 is 0. The summed E-state index contributed by atoms with van der Waals surface area (Å²) in [6, 6.07) is 5.63. The number of ether oxygens (including phenoxy) is 2. The van der Waals surface area contributed by atoms with Gasteiger partial charge in [-0.3, -0.25) is 9.59 Å². The number of amides is 1. The third kappa shape index (κ3) is 6.55. The van der Waals surface area contributed by atoms with Gasteiger partial charge in [0.2, 0.25) is 5.91 Å². The SMILES string of the molecule is CC1(C(=O)N2CCN(c3ccccc3C(F)(F)F)CC2)CC[C@]2(C)CC[C@]3(C)C(=CC(=O)C4[C@@]5(C)C(O[C@@H]6O[C@H](CO)[C@@H](O)[C@@H](O)[C@H]6O)CCC(C)(C)C5CC[C@]43C)[C@@H]2C1. The molecule has 7 aliphatic rings. The minimum atomic E-state index is -4.47. The Bertz CT molecular complexity index is 1880. The van der Waals surface area contributed by atoms with Crippen LogP contribution in [-0.4, -0.2) is 107 Å². The molecular formula is C47H67F3N2O8. The summed E-state index contributed by atoms with van der Waals surface area (Å²) in [4.78, 5) is 33.5. The predicted octanol–water partition coefficient (Wildman–Crippen LogP) is 6.52. The van der Waals surface area contributed by atoms with E-state index in [-0.39, 0.29) is 45.5 Å². The van der Waals surface area contributed by atoms with Crippen molar-refractivity contribution >= 4 is 17.4 Å². The van der Waals surface area contributed by atoms with Gasteiger partial charge in [-0.15, -0.1) is 0 Å². The highest BCUT2D eigenvalue weighted by molar-refractivity contribution is 5.96. The molecule has 5 aliphatic carbocycles. The molecule has 4 saturated carbocycles. The molecule has 2 heterocycles. The maximum atomic E-state index is 15.3. The van der Waals surface area contributed by atoms with E-state index in [1.54, 1.807) is 11.0 Å². The number of alkyl halides is 3. The van der Waals surface area contributed by atoms with Gasteiger partial charge < -0.3 is 39.7 Å². The number of aliphatic hydroxyl groups is 4. The highest BCUT2D eigenvalue weighted by Crippen LogP contribution is 2.75. The van der Waals surface area contributed by atoms with Crippen molar-refractivity contribution in [2.24, 2.45) is 50.2 Å². The summed E-state index contributed by atoms with van der Waals surface area (Å²) in [6.45, 7) is 16.5. The number of rotatable bonds is 5. The summed E-state index contributed by atoms with van der Waals surface area (Å²) < 4.78 is 54.3. The van der Waals surface area contributed by atoms with Crippen molar-refractivity contribution in [1.29, 1.82) is 0 Å². The van der Waals surface area contributed by atoms with Gasteiger partial charge in [0, 0.05) is 48.6 Å². The van der Waals surface area contributed by atoms with Crippen LogP contribution >= 0.6 is 0 Å². The zero-order valence-electron chi connectivity index (χ0n) is 36.4. The molecule has 6 fully saturated rings. The van der Waals surface area contributed by atoms with Crippen molar-refractivity contribution in [2.75, 3.05) is 37.7 Å². The van der Waals surface area contributed by atoms with Crippen LogP contribution in [-0.2, 0) is 25.2 Å². The number of benzene rings is 1. The van der Waals surface area contributed by atoms with Gasteiger partial charge in [-0.1, -0.05) is 66.2 Å². The fourth-order valence-corrected chi connectivity index (χ4v) is 14.4. The van der Waals surface area contributed by atoms with Crippen LogP contribution in [0.1, 0.15) is 112 Å². The number of piperazine rings is 1. The van der Waals surface area contributed by atoms with E-state index in [1.807, 2.05) is 11.0 Å². The number of fused-ring (bicyclic) bond motifs is 7. The number of hydrogen-bond acceptors (Lipinski definition) is 9. The third-order valence-corrected chi connectivity index (χ3v) is 18.2. The maximum Gasteiger partial charge on any atom is 0.418 e. The quantitative estimate of drug-likeness (QED) is 0.261. The molecule has 1 amide bonds. The molecule has 60 heavy (non-hydrogen) atoms. The number of carbonyl (C=O) groups is 2. The van der Waals surface area contributed by atoms with Crippen LogP contribution in [0.5, 0.6) is 0 Å². The molecule has 0 spiro atoms. The first-order chi connectivity index (χ1) is 27.9. The Labute approximate surface area is 352 Å². The lowest BCUT2D eigenvalue weighted by Gasteiger charge is -2.71. The molecule has 10 nitrogen and oxygen atoms in total. The van der Waals surface area contributed by atoms with Gasteiger partial charge in [0.05, 0.1) is 18.3 Å². The van der Waals surface area contributed by atoms with E-state index >= 15 is 4.79 Å². The summed E-state index contributed by atoms with van der Waals surface area (Å²) in [5.74, 6) is -0.226. The summed E-state index contributed by atoms with van der Waals surface area (Å²) in [7, 11) is 0. The van der Waals surface area contributed by atoms with Crippen LogP contribution in [0.25, 0.3) is 0 Å². The molecule has 4 unspecified atom stereocenters. The minimum Gasteiger partial charge on any atom is -0.394 e. The Morgan fingerprint density at radius 3 is 2.20 bits per heavy atom. The molecule has 2 aliphatic heterocycles. The van der Waals surface area contributed by atoms with Crippen LogP contribution in [0, 0.1) is 50.2 Å². The average Bonchev–Trinajstić information content (AvgIpc) is 3.19. The minimum absolute atomic E-state index is 0.00452. The molecule has 1 aromatic carbocycles. The normalized spacial score (nSPS) is 45.5. The van der Waals surface area contributed by atoms with Crippen molar-refractivity contribution in [3.63, 3.8) is 0 Å². The van der Waals surface area contributed by atoms with Gasteiger partial charge in [-0.2, -0.15) is 13.2 Å². The first-order valence-corrected chi connectivity index (χ1v) is 22.4. The number of nitrogens with zero attached hydrogens (tertiary/aromatic N) is 2. The second-order valence-corrected chi connectivity index (χ2v) is 21.8. The largest absolute Gasteiger partial charge is 0.418 e. The lowest BCUT2D eigenvalue weighted by atomic mass is 9.33. The number of anilines is 1. The predicted molar refractivity (Wildman–Crippen MR) is 218 cm³/mol. The Morgan fingerprint density at radius 1 is 0.867 bits per heavy atom.